The van der Waals surface area contributed by atoms with Crippen molar-refractivity contribution in [3.8, 4) is 0 Å². The van der Waals surface area contributed by atoms with Crippen molar-refractivity contribution in [2.24, 2.45) is 5.92 Å². The molecule has 1 atom stereocenters. The van der Waals surface area contributed by atoms with Gasteiger partial charge in [-0.1, -0.05) is 0 Å². The number of nitrogens with zero attached hydrogens (tertiary/aromatic N) is 4. The molecule has 24 heavy (non-hydrogen) atoms. The topological polar surface area (TPSA) is 82.9 Å². The molecule has 0 unspecified atom stereocenters. The number of amides is 3. The van der Waals surface area contributed by atoms with Crippen molar-refractivity contribution in [1.29, 1.82) is 0 Å². The molecular weight excluding hydrogens is 308 g/mol. The van der Waals surface area contributed by atoms with Crippen LogP contribution in [0.3, 0.4) is 0 Å². The predicted molar refractivity (Wildman–Crippen MR) is 86.3 cm³/mol. The molecule has 128 valence electrons. The van der Waals surface area contributed by atoms with Crippen molar-refractivity contribution in [3.63, 3.8) is 0 Å². The van der Waals surface area contributed by atoms with Crippen LogP contribution in [0.2, 0.25) is 0 Å². The van der Waals surface area contributed by atoms with E-state index in [0.717, 1.165) is 45.0 Å². The number of aromatic nitrogens is 2. The number of quaternary nitrogens is 1. The molecule has 3 fully saturated rings. The summed E-state index contributed by atoms with van der Waals surface area (Å²) in [6.07, 6.45) is 5.54. The molecule has 1 aromatic rings. The van der Waals surface area contributed by atoms with E-state index in [1.54, 1.807) is 18.5 Å². The second-order valence-electron chi connectivity index (χ2n) is 7.08. The van der Waals surface area contributed by atoms with Gasteiger partial charge in [0, 0.05) is 12.4 Å². The van der Waals surface area contributed by atoms with Crippen LogP contribution in [0.5, 0.6) is 0 Å². The van der Waals surface area contributed by atoms with Gasteiger partial charge >= 0.3 is 6.03 Å². The van der Waals surface area contributed by atoms with Gasteiger partial charge in [-0.2, -0.15) is 0 Å². The molecule has 3 amide bonds. The average molecular weight is 331 g/mol. The molecule has 1 aliphatic carbocycles. The average Bonchev–Trinajstić information content (AvgIpc) is 3.43. The van der Waals surface area contributed by atoms with Crippen molar-refractivity contribution in [3.05, 3.63) is 18.5 Å². The Bertz CT molecular complexity index is 641. The van der Waals surface area contributed by atoms with Crippen LogP contribution >= 0.6 is 0 Å². The van der Waals surface area contributed by atoms with Crippen LogP contribution in [0.25, 0.3) is 0 Å². The maximum absolute atomic E-state index is 12.7. The molecule has 8 nitrogen and oxygen atoms in total. The van der Waals surface area contributed by atoms with Crippen molar-refractivity contribution in [2.75, 3.05) is 37.7 Å². The molecular formula is C16H23N6O2+. The summed E-state index contributed by atoms with van der Waals surface area (Å²) in [5.74, 6) is 0.991. The van der Waals surface area contributed by atoms with Gasteiger partial charge in [-0.15, -0.1) is 0 Å². The monoisotopic (exact) mass is 331 g/mol. The Morgan fingerprint density at radius 1 is 1.25 bits per heavy atom. The summed E-state index contributed by atoms with van der Waals surface area (Å²) in [6, 6.07) is 1.56. The first-order valence-corrected chi connectivity index (χ1v) is 8.57. The first kappa shape index (κ1) is 15.3. The summed E-state index contributed by atoms with van der Waals surface area (Å²) in [5, 5.41) is 2.91. The van der Waals surface area contributed by atoms with Gasteiger partial charge < -0.3 is 15.1 Å². The van der Waals surface area contributed by atoms with Gasteiger partial charge in [-0.3, -0.25) is 4.79 Å². The fourth-order valence-electron chi connectivity index (χ4n) is 3.66. The molecule has 2 N–H and O–H groups in total. The summed E-state index contributed by atoms with van der Waals surface area (Å²) < 4.78 is 0. The van der Waals surface area contributed by atoms with Gasteiger partial charge in [0.15, 0.2) is 6.67 Å². The first-order valence-electron chi connectivity index (χ1n) is 8.57. The van der Waals surface area contributed by atoms with Gasteiger partial charge in [-0.05, 0) is 31.7 Å². The van der Waals surface area contributed by atoms with Gasteiger partial charge in [0.2, 0.25) is 5.95 Å². The van der Waals surface area contributed by atoms with Crippen molar-refractivity contribution >= 4 is 17.9 Å². The van der Waals surface area contributed by atoms with Gasteiger partial charge in [0.05, 0.1) is 26.2 Å². The minimum Gasteiger partial charge on any atom is -0.330 e. The molecule has 1 saturated carbocycles. The van der Waals surface area contributed by atoms with Crippen LogP contribution in [-0.4, -0.2) is 65.2 Å². The number of anilines is 1. The summed E-state index contributed by atoms with van der Waals surface area (Å²) >= 11 is 0. The molecule has 2 aliphatic heterocycles. The number of carbonyl (C=O) groups is 2. The highest BCUT2D eigenvalue weighted by molar-refractivity contribution is 6.07. The van der Waals surface area contributed by atoms with Crippen LogP contribution in [-0.2, 0) is 4.79 Å². The van der Waals surface area contributed by atoms with E-state index in [9.17, 15) is 9.59 Å². The third-order valence-electron chi connectivity index (χ3n) is 5.38. The Balaban J connectivity index is 1.35. The van der Waals surface area contributed by atoms with E-state index >= 15 is 0 Å². The van der Waals surface area contributed by atoms with Crippen LogP contribution in [0.15, 0.2) is 18.5 Å². The molecule has 0 bridgehead atoms. The number of urea groups is 1. The van der Waals surface area contributed by atoms with E-state index in [1.165, 1.54) is 9.80 Å². The van der Waals surface area contributed by atoms with E-state index in [1.807, 2.05) is 6.92 Å². The Morgan fingerprint density at radius 3 is 2.54 bits per heavy atom. The van der Waals surface area contributed by atoms with Crippen LogP contribution in [0, 0.1) is 5.92 Å². The highest BCUT2D eigenvalue weighted by atomic mass is 16.2. The van der Waals surface area contributed by atoms with Gasteiger partial charge in [0.1, 0.15) is 5.54 Å². The molecule has 2 saturated heterocycles. The Kier molecular flexibility index (Phi) is 3.64. The zero-order chi connectivity index (χ0) is 16.7. The SMILES string of the molecule is C[C@]1(C2CC2)NC(=O)N(C[NH+]2CCN(c3ncccn3)CC2)C1=O. The predicted octanol–water partition coefficient (Wildman–Crippen LogP) is -1.14. The van der Waals surface area contributed by atoms with Crippen LogP contribution in [0.4, 0.5) is 10.7 Å². The lowest BCUT2D eigenvalue weighted by atomic mass is 9.96. The van der Waals surface area contributed by atoms with Crippen molar-refractivity contribution in [1.82, 2.24) is 20.2 Å². The lowest BCUT2D eigenvalue weighted by molar-refractivity contribution is -0.907. The summed E-state index contributed by atoms with van der Waals surface area (Å²) in [7, 11) is 0. The highest BCUT2D eigenvalue weighted by Gasteiger charge is 2.56. The zero-order valence-electron chi connectivity index (χ0n) is 13.9. The minimum atomic E-state index is -0.684. The number of hydrogen-bond acceptors (Lipinski definition) is 5. The third-order valence-corrected chi connectivity index (χ3v) is 5.38. The molecule has 1 aromatic heterocycles. The van der Waals surface area contributed by atoms with E-state index in [0.29, 0.717) is 12.6 Å². The van der Waals surface area contributed by atoms with Crippen molar-refractivity contribution in [2.45, 2.75) is 25.3 Å². The molecule has 3 aliphatic rings. The normalized spacial score (nSPS) is 28.4. The maximum atomic E-state index is 12.7. The zero-order valence-corrected chi connectivity index (χ0v) is 13.9. The lowest BCUT2D eigenvalue weighted by Crippen LogP contribution is -3.16. The largest absolute Gasteiger partial charge is 0.330 e. The fourth-order valence-corrected chi connectivity index (χ4v) is 3.66. The van der Waals surface area contributed by atoms with Gasteiger partial charge in [0.25, 0.3) is 5.91 Å². The smallest absolute Gasteiger partial charge is 0.329 e. The standard InChI is InChI=1S/C16H22N6O2/c1-16(12-3-4-12)13(23)22(15(24)19-16)11-20-7-9-21(10-8-20)14-17-5-2-6-18-14/h2,5-6,12H,3-4,7-11H2,1H3,(H,19,24)/p+1/t16-/m1/s1. The Labute approximate surface area is 140 Å². The second kappa shape index (κ2) is 5.70. The molecule has 0 radical (unpaired) electrons. The third kappa shape index (κ3) is 2.60. The second-order valence-corrected chi connectivity index (χ2v) is 7.08. The van der Waals surface area contributed by atoms with E-state index in [2.05, 4.69) is 20.2 Å². The number of imide groups is 1. The summed E-state index contributed by atoms with van der Waals surface area (Å²) in [6.45, 7) is 5.66. The van der Waals surface area contributed by atoms with E-state index in [4.69, 9.17) is 0 Å². The summed E-state index contributed by atoms with van der Waals surface area (Å²) in [5.41, 5.74) is -0.684. The fraction of sp³-hybridized carbons (Fsp3) is 0.625. The Morgan fingerprint density at radius 2 is 1.92 bits per heavy atom. The van der Waals surface area contributed by atoms with Crippen molar-refractivity contribution < 1.29 is 14.5 Å². The molecule has 8 heteroatoms. The maximum Gasteiger partial charge on any atom is 0.329 e. The Hall–Kier alpha value is -2.22. The summed E-state index contributed by atoms with van der Waals surface area (Å²) in [4.78, 5) is 38.3. The lowest BCUT2D eigenvalue weighted by Gasteiger charge is -2.33. The quantitative estimate of drug-likeness (QED) is 0.682. The van der Waals surface area contributed by atoms with Gasteiger partial charge in [-0.25, -0.2) is 19.7 Å². The minimum absolute atomic E-state index is 0.0590. The molecule has 3 heterocycles. The number of rotatable bonds is 4. The number of piperazine rings is 1. The first-order chi connectivity index (χ1) is 11.6. The number of hydrogen-bond donors (Lipinski definition) is 2. The molecule has 4 rings (SSSR count). The van der Waals surface area contributed by atoms with E-state index in [-0.39, 0.29) is 11.9 Å². The van der Waals surface area contributed by atoms with E-state index < -0.39 is 5.54 Å². The highest BCUT2D eigenvalue weighted by Crippen LogP contribution is 2.42. The number of carbonyl (C=O) groups excluding carboxylic acids is 2. The molecule has 0 spiro atoms. The van der Waals surface area contributed by atoms with Crippen LogP contribution in [0.1, 0.15) is 19.8 Å². The van der Waals surface area contributed by atoms with Crippen LogP contribution < -0.4 is 15.1 Å². The molecule has 0 aromatic carbocycles. The number of nitrogens with one attached hydrogen (secondary N) is 2.